The van der Waals surface area contributed by atoms with E-state index in [1.807, 2.05) is 6.21 Å². The molecule has 2 aromatic heterocycles. The Bertz CT molecular complexity index is 498. The van der Waals surface area contributed by atoms with Gasteiger partial charge >= 0.3 is 0 Å². The molecule has 0 amide bonds. The van der Waals surface area contributed by atoms with Crippen LogP contribution in [0.15, 0.2) is 22.9 Å². The minimum absolute atomic E-state index is 0.819. The summed E-state index contributed by atoms with van der Waals surface area (Å²) < 4.78 is 1.67. The zero-order valence-electron chi connectivity index (χ0n) is 8.30. The lowest BCUT2D eigenvalue weighted by Gasteiger charge is -1.81. The number of hydrogen-bond donors (Lipinski definition) is 0. The van der Waals surface area contributed by atoms with Gasteiger partial charge in [-0.15, -0.1) is 20.1 Å². The van der Waals surface area contributed by atoms with Gasteiger partial charge in [0.15, 0.2) is 11.6 Å². The SMILES string of the molecule is C1=Nn2cnnc2C1.C1=Nn2ncnc2C1. The quantitative estimate of drug-likeness (QED) is 0.584. The standard InChI is InChI=1S/2C4H4N4/c1-2-6-8-3-5-7-4(1)8;1-2-6-8-4(1)5-3-7-8/h2*2-3H,1H2. The van der Waals surface area contributed by atoms with Crippen molar-refractivity contribution in [3.8, 4) is 0 Å². The fourth-order valence-electron chi connectivity index (χ4n) is 1.39. The summed E-state index contributed by atoms with van der Waals surface area (Å²) in [4.78, 5) is 5.45. The molecule has 8 heteroatoms. The van der Waals surface area contributed by atoms with Crippen molar-refractivity contribution in [2.45, 2.75) is 12.8 Å². The largest absolute Gasteiger partial charge is 0.217 e. The summed E-state index contributed by atoms with van der Waals surface area (Å²) in [6.45, 7) is 0. The smallest absolute Gasteiger partial charge is 0.159 e. The Kier molecular flexibility index (Phi) is 2.03. The van der Waals surface area contributed by atoms with E-state index in [0.717, 1.165) is 24.5 Å². The molecule has 2 aromatic rings. The predicted octanol–water partition coefficient (Wildman–Crippen LogP) is -0.664. The minimum atomic E-state index is 0.819. The second kappa shape index (κ2) is 3.65. The van der Waals surface area contributed by atoms with Crippen LogP contribution in [0.3, 0.4) is 0 Å². The molecule has 0 unspecified atom stereocenters. The van der Waals surface area contributed by atoms with Gasteiger partial charge in [0.05, 0.1) is 0 Å². The molecule has 0 radical (unpaired) electrons. The zero-order valence-corrected chi connectivity index (χ0v) is 8.30. The summed E-state index contributed by atoms with van der Waals surface area (Å²) in [5.41, 5.74) is 0. The summed E-state index contributed by atoms with van der Waals surface area (Å²) in [6, 6.07) is 0. The first kappa shape index (κ1) is 8.89. The topological polar surface area (TPSA) is 86.1 Å². The van der Waals surface area contributed by atoms with Gasteiger partial charge < -0.3 is 0 Å². The second-order valence-corrected chi connectivity index (χ2v) is 3.16. The van der Waals surface area contributed by atoms with Crippen molar-refractivity contribution in [2.24, 2.45) is 10.2 Å². The van der Waals surface area contributed by atoms with Crippen LogP contribution in [-0.2, 0) is 12.8 Å². The molecule has 16 heavy (non-hydrogen) atoms. The van der Waals surface area contributed by atoms with E-state index in [-0.39, 0.29) is 0 Å². The highest BCUT2D eigenvalue weighted by molar-refractivity contribution is 5.62. The molecule has 0 saturated carbocycles. The normalized spacial score (nSPS) is 14.5. The van der Waals surface area contributed by atoms with Gasteiger partial charge in [0.1, 0.15) is 12.7 Å². The van der Waals surface area contributed by atoms with E-state index >= 15 is 0 Å². The summed E-state index contributed by atoms with van der Waals surface area (Å²) in [5.74, 6) is 1.84. The molecule has 2 aliphatic rings. The average Bonchev–Trinajstić information content (AvgIpc) is 2.99. The third-order valence-corrected chi connectivity index (χ3v) is 2.14. The van der Waals surface area contributed by atoms with Crippen molar-refractivity contribution < 1.29 is 0 Å². The molecule has 4 heterocycles. The van der Waals surface area contributed by atoms with E-state index in [1.54, 1.807) is 17.2 Å². The maximum atomic E-state index is 3.93. The second-order valence-electron chi connectivity index (χ2n) is 3.16. The van der Waals surface area contributed by atoms with Crippen LogP contribution in [0, 0.1) is 0 Å². The first-order valence-corrected chi connectivity index (χ1v) is 4.77. The summed E-state index contributed by atoms with van der Waals surface area (Å²) >= 11 is 0. The van der Waals surface area contributed by atoms with Crippen molar-refractivity contribution >= 4 is 12.4 Å². The van der Waals surface area contributed by atoms with Crippen molar-refractivity contribution in [2.75, 3.05) is 0 Å². The third-order valence-electron chi connectivity index (χ3n) is 2.14. The van der Waals surface area contributed by atoms with Gasteiger partial charge in [0.2, 0.25) is 0 Å². The summed E-state index contributed by atoms with van der Waals surface area (Å²) in [6.07, 6.45) is 8.34. The maximum absolute atomic E-state index is 3.93. The van der Waals surface area contributed by atoms with Crippen LogP contribution in [-0.4, -0.2) is 42.2 Å². The van der Waals surface area contributed by atoms with Gasteiger partial charge in [-0.2, -0.15) is 10.2 Å². The summed E-state index contributed by atoms with van der Waals surface area (Å²) in [7, 11) is 0. The Hall–Kier alpha value is -2.38. The van der Waals surface area contributed by atoms with Gasteiger partial charge in [0.25, 0.3) is 0 Å². The molecule has 0 atom stereocenters. The van der Waals surface area contributed by atoms with Crippen molar-refractivity contribution in [3.63, 3.8) is 0 Å². The molecule has 0 aromatic carbocycles. The van der Waals surface area contributed by atoms with Crippen molar-refractivity contribution in [1.82, 2.24) is 29.7 Å². The molecule has 0 N–H and O–H groups in total. The number of hydrogen-bond acceptors (Lipinski definition) is 6. The van der Waals surface area contributed by atoms with E-state index in [4.69, 9.17) is 0 Å². The van der Waals surface area contributed by atoms with E-state index in [0.29, 0.717) is 0 Å². The van der Waals surface area contributed by atoms with Crippen LogP contribution < -0.4 is 0 Å². The lowest BCUT2D eigenvalue weighted by Crippen LogP contribution is -1.88. The van der Waals surface area contributed by atoms with Crippen LogP contribution in [0.25, 0.3) is 0 Å². The van der Waals surface area contributed by atoms with Gasteiger partial charge in [-0.1, -0.05) is 0 Å². The Morgan fingerprint density at radius 2 is 1.94 bits per heavy atom. The Morgan fingerprint density at radius 3 is 2.81 bits per heavy atom. The molecule has 4 rings (SSSR count). The molecule has 0 bridgehead atoms. The number of aromatic nitrogens is 6. The highest BCUT2D eigenvalue weighted by Crippen LogP contribution is 1.99. The molecule has 2 aliphatic heterocycles. The Morgan fingerprint density at radius 1 is 1.06 bits per heavy atom. The van der Waals surface area contributed by atoms with Crippen molar-refractivity contribution in [3.05, 3.63) is 24.3 Å². The molecule has 0 spiro atoms. The monoisotopic (exact) mass is 216 g/mol. The van der Waals surface area contributed by atoms with Crippen LogP contribution >= 0.6 is 0 Å². The molecule has 0 aliphatic carbocycles. The fraction of sp³-hybridized carbons (Fsp3) is 0.250. The fourth-order valence-corrected chi connectivity index (χ4v) is 1.39. The highest BCUT2D eigenvalue weighted by Gasteiger charge is 2.05. The first-order valence-electron chi connectivity index (χ1n) is 4.77. The lowest BCUT2D eigenvalue weighted by molar-refractivity contribution is 0.733. The number of fused-ring (bicyclic) bond motifs is 2. The predicted molar refractivity (Wildman–Crippen MR) is 55.2 cm³/mol. The van der Waals surface area contributed by atoms with Crippen LogP contribution in [0.1, 0.15) is 11.6 Å². The van der Waals surface area contributed by atoms with Gasteiger partial charge in [0, 0.05) is 25.3 Å². The van der Waals surface area contributed by atoms with Crippen LogP contribution in [0.2, 0.25) is 0 Å². The van der Waals surface area contributed by atoms with E-state index in [1.165, 1.54) is 11.1 Å². The Balaban J connectivity index is 0.000000101. The number of nitrogens with zero attached hydrogens (tertiary/aromatic N) is 8. The molecule has 0 saturated heterocycles. The maximum Gasteiger partial charge on any atom is 0.159 e. The minimum Gasteiger partial charge on any atom is -0.217 e. The summed E-state index contributed by atoms with van der Waals surface area (Å²) in [5, 5.41) is 19.0. The van der Waals surface area contributed by atoms with E-state index in [2.05, 4.69) is 30.5 Å². The third kappa shape index (κ3) is 1.49. The zero-order chi connectivity index (χ0) is 10.8. The lowest BCUT2D eigenvalue weighted by atomic mass is 10.5. The average molecular weight is 216 g/mol. The molecule has 80 valence electrons. The van der Waals surface area contributed by atoms with Crippen LogP contribution in [0.4, 0.5) is 0 Å². The number of rotatable bonds is 0. The Labute approximate surface area is 90.3 Å². The highest BCUT2D eigenvalue weighted by atomic mass is 15.6. The first-order chi connectivity index (χ1) is 7.93. The van der Waals surface area contributed by atoms with Crippen molar-refractivity contribution in [1.29, 1.82) is 0 Å². The van der Waals surface area contributed by atoms with Gasteiger partial charge in [-0.3, -0.25) is 0 Å². The molecular weight excluding hydrogens is 208 g/mol. The molecule has 0 fully saturated rings. The van der Waals surface area contributed by atoms with E-state index in [9.17, 15) is 0 Å². The van der Waals surface area contributed by atoms with Gasteiger partial charge in [-0.05, 0) is 0 Å². The van der Waals surface area contributed by atoms with Crippen LogP contribution in [0.5, 0.6) is 0 Å². The molecular formula is C8H8N8. The van der Waals surface area contributed by atoms with E-state index < -0.39 is 0 Å². The molecule has 8 nitrogen and oxygen atoms in total. The van der Waals surface area contributed by atoms with Gasteiger partial charge in [-0.25, -0.2) is 9.66 Å².